The van der Waals surface area contributed by atoms with Gasteiger partial charge in [-0.05, 0) is 12.3 Å². The van der Waals surface area contributed by atoms with E-state index in [-0.39, 0.29) is 11.5 Å². The summed E-state index contributed by atoms with van der Waals surface area (Å²) in [6, 6.07) is 0. The number of nitrogens with two attached hydrogens (primary N) is 1. The Morgan fingerprint density at radius 1 is 1.37 bits per heavy atom. The second-order valence-electron chi connectivity index (χ2n) is 5.11. The van der Waals surface area contributed by atoms with Gasteiger partial charge in [0.15, 0.2) is 0 Å². The van der Waals surface area contributed by atoms with Gasteiger partial charge >= 0.3 is 0 Å². The molecule has 0 bridgehead atoms. The van der Waals surface area contributed by atoms with Crippen LogP contribution in [0.1, 0.15) is 55.3 Å². The van der Waals surface area contributed by atoms with Crippen LogP contribution in [0, 0.1) is 5.92 Å². The molecule has 4 N–H and O–H groups in total. The van der Waals surface area contributed by atoms with E-state index in [0.29, 0.717) is 18.2 Å². The lowest BCUT2D eigenvalue weighted by Gasteiger charge is -2.20. The molecular formula is C13H20N4O2. The summed E-state index contributed by atoms with van der Waals surface area (Å²) < 4.78 is 0. The van der Waals surface area contributed by atoms with Gasteiger partial charge in [0.1, 0.15) is 11.4 Å². The normalized spacial score (nSPS) is 16.2. The topological polar surface area (TPSA) is 101 Å². The highest BCUT2D eigenvalue weighted by molar-refractivity contribution is 6.01. The van der Waals surface area contributed by atoms with Gasteiger partial charge in [0.2, 0.25) is 5.91 Å². The van der Waals surface area contributed by atoms with Crippen LogP contribution in [-0.4, -0.2) is 22.0 Å². The molecule has 1 aliphatic rings. The molecule has 0 spiro atoms. The molecule has 6 heteroatoms. The van der Waals surface area contributed by atoms with Crippen LogP contribution < -0.4 is 11.1 Å². The Bertz CT molecular complexity index is 449. The SMILES string of the molecule is NC(=O)c1cn[nH]c1NC(=O)CCC1CCCCC1. The number of carbonyl (C=O) groups excluding carboxylic acids is 2. The van der Waals surface area contributed by atoms with Gasteiger partial charge in [0.05, 0.1) is 6.20 Å². The second-order valence-corrected chi connectivity index (χ2v) is 5.11. The van der Waals surface area contributed by atoms with Gasteiger partial charge < -0.3 is 11.1 Å². The molecule has 0 aliphatic heterocycles. The zero-order chi connectivity index (χ0) is 13.7. The second kappa shape index (κ2) is 6.36. The maximum absolute atomic E-state index is 11.8. The van der Waals surface area contributed by atoms with Gasteiger partial charge in [-0.25, -0.2) is 0 Å². The van der Waals surface area contributed by atoms with Crippen LogP contribution in [0.3, 0.4) is 0 Å². The molecule has 104 valence electrons. The Balaban J connectivity index is 1.80. The molecule has 19 heavy (non-hydrogen) atoms. The van der Waals surface area contributed by atoms with Crippen LogP contribution in [0.4, 0.5) is 5.82 Å². The van der Waals surface area contributed by atoms with E-state index in [2.05, 4.69) is 15.5 Å². The fraction of sp³-hybridized carbons (Fsp3) is 0.615. The molecule has 0 atom stereocenters. The zero-order valence-electron chi connectivity index (χ0n) is 10.9. The molecule has 1 heterocycles. The number of H-pyrrole nitrogens is 1. The molecule has 1 aromatic rings. The third-order valence-corrected chi connectivity index (χ3v) is 3.67. The van der Waals surface area contributed by atoms with E-state index in [9.17, 15) is 9.59 Å². The molecule has 0 unspecified atom stereocenters. The van der Waals surface area contributed by atoms with E-state index in [1.807, 2.05) is 0 Å². The number of carbonyl (C=O) groups is 2. The minimum absolute atomic E-state index is 0.0997. The standard InChI is InChI=1S/C13H20N4O2/c14-12(19)10-8-15-17-13(10)16-11(18)7-6-9-4-2-1-3-5-9/h8-9H,1-7H2,(H2,14,19)(H2,15,16,17,18). The Labute approximate surface area is 112 Å². The van der Waals surface area contributed by atoms with Crippen molar-refractivity contribution in [3.8, 4) is 0 Å². The number of hydrogen-bond donors (Lipinski definition) is 3. The van der Waals surface area contributed by atoms with Gasteiger partial charge in [-0.1, -0.05) is 32.1 Å². The van der Waals surface area contributed by atoms with Gasteiger partial charge in [-0.2, -0.15) is 5.10 Å². The zero-order valence-corrected chi connectivity index (χ0v) is 10.9. The molecule has 1 aromatic heterocycles. The van der Waals surface area contributed by atoms with Gasteiger partial charge in [0, 0.05) is 6.42 Å². The molecule has 2 rings (SSSR count). The van der Waals surface area contributed by atoms with Crippen molar-refractivity contribution in [3.05, 3.63) is 11.8 Å². The number of rotatable bonds is 5. The van der Waals surface area contributed by atoms with Crippen molar-refractivity contribution in [1.82, 2.24) is 10.2 Å². The largest absolute Gasteiger partial charge is 0.365 e. The van der Waals surface area contributed by atoms with Crippen molar-refractivity contribution in [2.75, 3.05) is 5.32 Å². The van der Waals surface area contributed by atoms with Crippen molar-refractivity contribution in [3.63, 3.8) is 0 Å². The van der Waals surface area contributed by atoms with Gasteiger partial charge in [-0.3, -0.25) is 14.7 Å². The number of nitrogens with zero attached hydrogens (tertiary/aromatic N) is 1. The first-order valence-corrected chi connectivity index (χ1v) is 6.80. The lowest BCUT2D eigenvalue weighted by Crippen LogP contribution is -2.18. The van der Waals surface area contributed by atoms with Gasteiger partial charge in [-0.15, -0.1) is 0 Å². The average molecular weight is 264 g/mol. The van der Waals surface area contributed by atoms with E-state index >= 15 is 0 Å². The third-order valence-electron chi connectivity index (χ3n) is 3.67. The monoisotopic (exact) mass is 264 g/mol. The fourth-order valence-electron chi connectivity index (χ4n) is 2.58. The lowest BCUT2D eigenvalue weighted by molar-refractivity contribution is -0.116. The van der Waals surface area contributed by atoms with Crippen molar-refractivity contribution in [2.24, 2.45) is 11.7 Å². The summed E-state index contributed by atoms with van der Waals surface area (Å²) in [5, 5.41) is 8.93. The number of anilines is 1. The van der Waals surface area contributed by atoms with Crippen molar-refractivity contribution in [2.45, 2.75) is 44.9 Å². The number of primary amides is 1. The van der Waals surface area contributed by atoms with Crippen LogP contribution in [0.5, 0.6) is 0 Å². The van der Waals surface area contributed by atoms with E-state index in [4.69, 9.17) is 5.73 Å². The molecule has 1 fully saturated rings. The summed E-state index contributed by atoms with van der Waals surface area (Å²) in [7, 11) is 0. The van der Waals surface area contributed by atoms with Crippen molar-refractivity contribution >= 4 is 17.6 Å². The fourth-order valence-corrected chi connectivity index (χ4v) is 2.58. The lowest BCUT2D eigenvalue weighted by atomic mass is 9.86. The molecule has 2 amide bonds. The van der Waals surface area contributed by atoms with Crippen LogP contribution in [0.2, 0.25) is 0 Å². The van der Waals surface area contributed by atoms with E-state index < -0.39 is 5.91 Å². The molecule has 0 radical (unpaired) electrons. The van der Waals surface area contributed by atoms with Gasteiger partial charge in [0.25, 0.3) is 5.91 Å². The van der Waals surface area contributed by atoms with E-state index in [1.54, 1.807) is 0 Å². The highest BCUT2D eigenvalue weighted by Gasteiger charge is 2.16. The van der Waals surface area contributed by atoms with Crippen LogP contribution >= 0.6 is 0 Å². The first kappa shape index (κ1) is 13.6. The number of hydrogen-bond acceptors (Lipinski definition) is 3. The highest BCUT2D eigenvalue weighted by atomic mass is 16.2. The number of amides is 2. The summed E-state index contributed by atoms with van der Waals surface area (Å²) in [6.45, 7) is 0. The minimum Gasteiger partial charge on any atom is -0.365 e. The first-order valence-electron chi connectivity index (χ1n) is 6.80. The van der Waals surface area contributed by atoms with E-state index in [0.717, 1.165) is 6.42 Å². The molecule has 1 aliphatic carbocycles. The van der Waals surface area contributed by atoms with Crippen LogP contribution in [-0.2, 0) is 4.79 Å². The smallest absolute Gasteiger partial charge is 0.254 e. The van der Waals surface area contributed by atoms with Crippen molar-refractivity contribution < 1.29 is 9.59 Å². The summed E-state index contributed by atoms with van der Waals surface area (Å²) in [6.07, 6.45) is 9.02. The van der Waals surface area contributed by atoms with Crippen LogP contribution in [0.25, 0.3) is 0 Å². The molecule has 0 saturated heterocycles. The number of aromatic amines is 1. The molecule has 6 nitrogen and oxygen atoms in total. The van der Waals surface area contributed by atoms with Crippen LogP contribution in [0.15, 0.2) is 6.20 Å². The Morgan fingerprint density at radius 3 is 2.79 bits per heavy atom. The van der Waals surface area contributed by atoms with Crippen molar-refractivity contribution in [1.29, 1.82) is 0 Å². The molecule has 0 aromatic carbocycles. The molecule has 1 saturated carbocycles. The predicted molar refractivity (Wildman–Crippen MR) is 71.5 cm³/mol. The maximum Gasteiger partial charge on any atom is 0.254 e. The Hall–Kier alpha value is -1.85. The quantitative estimate of drug-likeness (QED) is 0.755. The maximum atomic E-state index is 11.8. The van der Waals surface area contributed by atoms with E-state index in [1.165, 1.54) is 38.3 Å². The first-order chi connectivity index (χ1) is 9.16. The highest BCUT2D eigenvalue weighted by Crippen LogP contribution is 2.27. The minimum atomic E-state index is -0.601. The average Bonchev–Trinajstić information content (AvgIpc) is 2.86. The summed E-state index contributed by atoms with van der Waals surface area (Å²) >= 11 is 0. The number of nitrogens with one attached hydrogen (secondary N) is 2. The Kier molecular flexibility index (Phi) is 4.54. The summed E-state index contributed by atoms with van der Waals surface area (Å²) in [4.78, 5) is 22.9. The third kappa shape index (κ3) is 3.81. The number of aromatic nitrogens is 2. The molecular weight excluding hydrogens is 244 g/mol. The Morgan fingerprint density at radius 2 is 2.11 bits per heavy atom. The summed E-state index contributed by atoms with van der Waals surface area (Å²) in [5.74, 6) is 0.256. The predicted octanol–water partition coefficient (Wildman–Crippen LogP) is 1.81. The summed E-state index contributed by atoms with van der Waals surface area (Å²) in [5.41, 5.74) is 5.39.